The third-order valence-corrected chi connectivity index (χ3v) is 6.22. The van der Waals surface area contributed by atoms with Crippen LogP contribution >= 0.6 is 11.3 Å². The molecule has 0 radical (unpaired) electrons. The molecule has 3 aromatic rings. The van der Waals surface area contributed by atoms with Gasteiger partial charge in [-0.15, -0.1) is 24.5 Å². The Morgan fingerprint density at radius 1 is 1.18 bits per heavy atom. The lowest BCUT2D eigenvalue weighted by atomic mass is 10.3. The summed E-state index contributed by atoms with van der Waals surface area (Å²) in [5.74, 6) is -0.495. The molecule has 0 amide bonds. The molecule has 3 rings (SSSR count). The van der Waals surface area contributed by atoms with E-state index < -0.39 is 22.1 Å². The van der Waals surface area contributed by atoms with Crippen LogP contribution in [0.25, 0.3) is 10.6 Å². The molecule has 1 N–H and O–H groups in total. The van der Waals surface area contributed by atoms with Gasteiger partial charge in [0.2, 0.25) is 10.0 Å². The molecule has 0 aliphatic carbocycles. The first-order valence-corrected chi connectivity index (χ1v) is 10.2. The van der Waals surface area contributed by atoms with Crippen LogP contribution in [0, 0.1) is 6.92 Å². The normalized spacial score (nSPS) is 12.1. The van der Waals surface area contributed by atoms with Gasteiger partial charge in [-0.1, -0.05) is 0 Å². The molecule has 1 aromatic carbocycles. The van der Waals surface area contributed by atoms with Gasteiger partial charge in [0.05, 0.1) is 10.6 Å². The number of alkyl halides is 3. The fraction of sp³-hybridized carbons (Fsp3) is 0.176. The van der Waals surface area contributed by atoms with E-state index in [0.717, 1.165) is 34.7 Å². The molecule has 0 saturated heterocycles. The lowest BCUT2D eigenvalue weighted by Crippen LogP contribution is -2.23. The summed E-state index contributed by atoms with van der Waals surface area (Å²) in [4.78, 5) is 9.00. The molecule has 0 saturated carbocycles. The SMILES string of the molecule is Cc1nc(-c2cccnc2)sc1CNS(=O)(=O)c1ccc(OC(F)(F)F)cc1. The summed E-state index contributed by atoms with van der Waals surface area (Å²) in [5, 5.41) is 0.716. The van der Waals surface area contributed by atoms with E-state index in [2.05, 4.69) is 19.4 Å². The second-order valence-electron chi connectivity index (χ2n) is 5.61. The minimum Gasteiger partial charge on any atom is -0.406 e. The number of nitrogens with one attached hydrogen (secondary N) is 1. The van der Waals surface area contributed by atoms with E-state index in [1.807, 2.05) is 6.07 Å². The molecule has 6 nitrogen and oxygen atoms in total. The highest BCUT2D eigenvalue weighted by atomic mass is 32.2. The van der Waals surface area contributed by atoms with Gasteiger partial charge in [0.25, 0.3) is 0 Å². The number of pyridine rings is 1. The Hall–Kier alpha value is -2.50. The maximum atomic E-state index is 12.4. The number of hydrogen-bond acceptors (Lipinski definition) is 6. The summed E-state index contributed by atoms with van der Waals surface area (Å²) in [6, 6.07) is 7.61. The highest BCUT2D eigenvalue weighted by molar-refractivity contribution is 7.89. The van der Waals surface area contributed by atoms with Crippen LogP contribution in [0.4, 0.5) is 13.2 Å². The van der Waals surface area contributed by atoms with Crippen molar-refractivity contribution in [3.8, 4) is 16.3 Å². The quantitative estimate of drug-likeness (QED) is 0.643. The molecule has 0 bridgehead atoms. The highest BCUT2D eigenvalue weighted by Crippen LogP contribution is 2.28. The van der Waals surface area contributed by atoms with Gasteiger partial charge in [0.15, 0.2) is 0 Å². The molecule has 0 aliphatic rings. The Morgan fingerprint density at radius 2 is 1.89 bits per heavy atom. The van der Waals surface area contributed by atoms with E-state index in [4.69, 9.17) is 0 Å². The molecule has 11 heteroatoms. The minimum absolute atomic E-state index is 0.00684. The van der Waals surface area contributed by atoms with Crippen molar-refractivity contribution in [2.75, 3.05) is 0 Å². The van der Waals surface area contributed by atoms with E-state index in [-0.39, 0.29) is 11.4 Å². The number of halogens is 3. The van der Waals surface area contributed by atoms with E-state index in [1.165, 1.54) is 11.3 Å². The van der Waals surface area contributed by atoms with Gasteiger partial charge in [0.1, 0.15) is 10.8 Å². The first-order valence-electron chi connectivity index (χ1n) is 7.86. The summed E-state index contributed by atoms with van der Waals surface area (Å²) >= 11 is 1.33. The Morgan fingerprint density at radius 3 is 2.50 bits per heavy atom. The van der Waals surface area contributed by atoms with Gasteiger partial charge in [-0.25, -0.2) is 18.1 Å². The lowest BCUT2D eigenvalue weighted by molar-refractivity contribution is -0.274. The highest BCUT2D eigenvalue weighted by Gasteiger charge is 2.31. The summed E-state index contributed by atoms with van der Waals surface area (Å²) in [7, 11) is -3.91. The molecular weight excluding hydrogens is 415 g/mol. The summed E-state index contributed by atoms with van der Waals surface area (Å²) in [6.45, 7) is 1.77. The van der Waals surface area contributed by atoms with Crippen LogP contribution in [0.2, 0.25) is 0 Å². The van der Waals surface area contributed by atoms with Crippen LogP contribution in [0.3, 0.4) is 0 Å². The van der Waals surface area contributed by atoms with Gasteiger partial charge < -0.3 is 4.74 Å². The second-order valence-corrected chi connectivity index (χ2v) is 8.46. The largest absolute Gasteiger partial charge is 0.573 e. The Labute approximate surface area is 163 Å². The van der Waals surface area contributed by atoms with Crippen molar-refractivity contribution in [3.63, 3.8) is 0 Å². The Balaban J connectivity index is 1.71. The van der Waals surface area contributed by atoms with Crippen molar-refractivity contribution in [2.45, 2.75) is 24.7 Å². The number of ether oxygens (including phenoxy) is 1. The first kappa shape index (κ1) is 20.2. The Bertz CT molecular complexity index is 1050. The molecule has 0 fully saturated rings. The monoisotopic (exact) mass is 429 g/mol. The van der Waals surface area contributed by atoms with Crippen LogP contribution < -0.4 is 9.46 Å². The second kappa shape index (κ2) is 7.86. The van der Waals surface area contributed by atoms with Crippen LogP contribution in [-0.4, -0.2) is 24.7 Å². The van der Waals surface area contributed by atoms with E-state index in [0.29, 0.717) is 10.7 Å². The number of aryl methyl sites for hydroxylation is 1. The summed E-state index contributed by atoms with van der Waals surface area (Å²) in [5.41, 5.74) is 1.51. The van der Waals surface area contributed by atoms with Gasteiger partial charge in [-0.05, 0) is 43.3 Å². The van der Waals surface area contributed by atoms with Crippen molar-refractivity contribution in [2.24, 2.45) is 0 Å². The standard InChI is InChI=1S/C17H14F3N3O3S2/c1-11-15(27-16(23-11)12-3-2-8-21-9-12)10-22-28(24,25)14-6-4-13(5-7-14)26-17(18,19)20/h2-9,22H,10H2,1H3. The molecule has 0 aliphatic heterocycles. The molecule has 0 spiro atoms. The van der Waals surface area contributed by atoms with Crippen LogP contribution in [0.1, 0.15) is 10.6 Å². The van der Waals surface area contributed by atoms with Crippen molar-refractivity contribution in [1.29, 1.82) is 0 Å². The number of benzene rings is 1. The van der Waals surface area contributed by atoms with E-state index >= 15 is 0 Å². The molecule has 2 aromatic heterocycles. The predicted octanol–water partition coefficient (Wildman–Crippen LogP) is 3.89. The Kier molecular flexibility index (Phi) is 5.68. The maximum absolute atomic E-state index is 12.4. The van der Waals surface area contributed by atoms with E-state index in [9.17, 15) is 21.6 Å². The molecule has 148 valence electrons. The van der Waals surface area contributed by atoms with Gasteiger partial charge in [-0.3, -0.25) is 4.98 Å². The molecular formula is C17H14F3N3O3S2. The molecule has 0 unspecified atom stereocenters. The van der Waals surface area contributed by atoms with Gasteiger partial charge in [-0.2, -0.15) is 0 Å². The summed E-state index contributed by atoms with van der Waals surface area (Å²) in [6.07, 6.45) is -1.53. The molecule has 28 heavy (non-hydrogen) atoms. The number of aromatic nitrogens is 2. The zero-order chi connectivity index (χ0) is 20.4. The third-order valence-electron chi connectivity index (χ3n) is 3.59. The van der Waals surface area contributed by atoms with Crippen molar-refractivity contribution < 1.29 is 26.3 Å². The molecule has 0 atom stereocenters. The fourth-order valence-electron chi connectivity index (χ4n) is 2.27. The average molecular weight is 429 g/mol. The van der Waals surface area contributed by atoms with Crippen molar-refractivity contribution in [1.82, 2.24) is 14.7 Å². The molecule has 2 heterocycles. The average Bonchev–Trinajstić information content (AvgIpc) is 3.01. The number of nitrogens with zero attached hydrogens (tertiary/aromatic N) is 2. The van der Waals surface area contributed by atoms with Crippen molar-refractivity contribution >= 4 is 21.4 Å². The van der Waals surface area contributed by atoms with Gasteiger partial charge in [0, 0.05) is 29.4 Å². The van der Waals surface area contributed by atoms with Crippen LogP contribution in [0.15, 0.2) is 53.7 Å². The van der Waals surface area contributed by atoms with Crippen LogP contribution in [-0.2, 0) is 16.6 Å². The predicted molar refractivity (Wildman–Crippen MR) is 97.2 cm³/mol. The van der Waals surface area contributed by atoms with Gasteiger partial charge >= 0.3 is 6.36 Å². The van der Waals surface area contributed by atoms with E-state index in [1.54, 1.807) is 25.4 Å². The zero-order valence-corrected chi connectivity index (χ0v) is 16.0. The fourth-order valence-corrected chi connectivity index (χ4v) is 4.35. The number of rotatable bonds is 6. The number of hydrogen-bond donors (Lipinski definition) is 1. The topological polar surface area (TPSA) is 81.2 Å². The minimum atomic E-state index is -4.84. The van der Waals surface area contributed by atoms with Crippen molar-refractivity contribution in [3.05, 3.63) is 59.4 Å². The smallest absolute Gasteiger partial charge is 0.406 e. The first-order chi connectivity index (χ1) is 13.1. The zero-order valence-electron chi connectivity index (χ0n) is 14.4. The third kappa shape index (κ3) is 5.06. The van der Waals surface area contributed by atoms with Crippen LogP contribution in [0.5, 0.6) is 5.75 Å². The summed E-state index contributed by atoms with van der Waals surface area (Å²) < 4.78 is 67.5. The number of sulfonamides is 1. The lowest BCUT2D eigenvalue weighted by Gasteiger charge is -2.10. The number of thiazole rings is 1. The maximum Gasteiger partial charge on any atom is 0.573 e.